The average molecular weight is 501 g/mol. The van der Waals surface area contributed by atoms with E-state index in [-0.39, 0.29) is 0 Å². The van der Waals surface area contributed by atoms with Gasteiger partial charge in [0, 0.05) is 57.7 Å². The number of para-hydroxylation sites is 2. The van der Waals surface area contributed by atoms with Gasteiger partial charge in [-0.05, 0) is 72.1 Å². The second kappa shape index (κ2) is 8.40. The van der Waals surface area contributed by atoms with Crippen molar-refractivity contribution in [1.29, 1.82) is 0 Å². The van der Waals surface area contributed by atoms with E-state index in [1.165, 1.54) is 60.3 Å². The molecule has 0 atom stereocenters. The summed E-state index contributed by atoms with van der Waals surface area (Å²) in [4.78, 5) is 8.76. The van der Waals surface area contributed by atoms with Gasteiger partial charge in [-0.25, -0.2) is 0 Å². The van der Waals surface area contributed by atoms with Crippen molar-refractivity contribution in [2.45, 2.75) is 6.92 Å². The Kier molecular flexibility index (Phi) is 4.70. The maximum Gasteiger partial charge on any atom is 0.0571 e. The molecule has 0 aliphatic rings. The van der Waals surface area contributed by atoms with E-state index in [4.69, 9.17) is 0 Å². The molecule has 0 unspecified atom stereocenters. The monoisotopic (exact) mass is 500 g/mol. The Labute approximate surface area is 225 Å². The minimum absolute atomic E-state index is 1.14. The zero-order valence-electron chi connectivity index (χ0n) is 21.4. The highest BCUT2D eigenvalue weighted by Crippen LogP contribution is 2.35. The maximum absolute atomic E-state index is 4.38. The summed E-state index contributed by atoms with van der Waals surface area (Å²) in [6, 6.07) is 36.9. The SMILES string of the molecule is Cc1cc(-n2c3ccccc3c3cnccc32)ccc1-c1ccc(-n2c3ccccc3c3cnccc32)cc1. The van der Waals surface area contributed by atoms with Crippen LogP contribution in [-0.4, -0.2) is 19.1 Å². The van der Waals surface area contributed by atoms with Gasteiger partial charge in [-0.1, -0.05) is 54.6 Å². The average Bonchev–Trinajstić information content (AvgIpc) is 3.51. The number of fused-ring (bicyclic) bond motifs is 6. The van der Waals surface area contributed by atoms with E-state index in [1.807, 2.05) is 24.8 Å². The number of nitrogens with zero attached hydrogens (tertiary/aromatic N) is 4. The largest absolute Gasteiger partial charge is 0.309 e. The number of hydrogen-bond acceptors (Lipinski definition) is 2. The van der Waals surface area contributed by atoms with Crippen molar-refractivity contribution in [3.05, 3.63) is 133 Å². The van der Waals surface area contributed by atoms with E-state index in [1.54, 1.807) is 0 Å². The van der Waals surface area contributed by atoms with Gasteiger partial charge in [0.15, 0.2) is 0 Å². The Morgan fingerprint density at radius 2 is 1.00 bits per heavy atom. The van der Waals surface area contributed by atoms with Crippen molar-refractivity contribution in [2.24, 2.45) is 0 Å². The van der Waals surface area contributed by atoms with Crippen LogP contribution in [0.2, 0.25) is 0 Å². The van der Waals surface area contributed by atoms with Gasteiger partial charge < -0.3 is 9.13 Å². The molecule has 4 heterocycles. The first-order valence-corrected chi connectivity index (χ1v) is 13.2. The van der Waals surface area contributed by atoms with Crippen molar-refractivity contribution in [2.75, 3.05) is 0 Å². The molecule has 0 radical (unpaired) electrons. The van der Waals surface area contributed by atoms with Gasteiger partial charge in [0.1, 0.15) is 0 Å². The number of rotatable bonds is 3. The molecule has 39 heavy (non-hydrogen) atoms. The lowest BCUT2D eigenvalue weighted by Crippen LogP contribution is -1.96. The molecule has 4 aromatic heterocycles. The Morgan fingerprint density at radius 1 is 0.487 bits per heavy atom. The van der Waals surface area contributed by atoms with Crippen LogP contribution in [-0.2, 0) is 0 Å². The van der Waals surface area contributed by atoms with Crippen molar-refractivity contribution in [3.63, 3.8) is 0 Å². The molecule has 0 bridgehead atoms. The highest BCUT2D eigenvalue weighted by molar-refractivity contribution is 6.09. The molecule has 0 N–H and O–H groups in total. The summed E-state index contributed by atoms with van der Waals surface area (Å²) in [5.41, 5.74) is 10.7. The van der Waals surface area contributed by atoms with Gasteiger partial charge in [0.05, 0.1) is 22.1 Å². The smallest absolute Gasteiger partial charge is 0.0571 e. The topological polar surface area (TPSA) is 35.6 Å². The first-order valence-electron chi connectivity index (χ1n) is 13.2. The lowest BCUT2D eigenvalue weighted by Gasteiger charge is -2.13. The Balaban J connectivity index is 1.22. The highest BCUT2D eigenvalue weighted by atomic mass is 15.0. The van der Waals surface area contributed by atoms with Gasteiger partial charge in [-0.15, -0.1) is 0 Å². The van der Waals surface area contributed by atoms with Crippen molar-refractivity contribution in [1.82, 2.24) is 19.1 Å². The van der Waals surface area contributed by atoms with Crippen LogP contribution < -0.4 is 0 Å². The van der Waals surface area contributed by atoms with E-state index in [9.17, 15) is 0 Å². The van der Waals surface area contributed by atoms with E-state index >= 15 is 0 Å². The fourth-order valence-corrected chi connectivity index (χ4v) is 6.09. The van der Waals surface area contributed by atoms with Gasteiger partial charge in [-0.3, -0.25) is 9.97 Å². The minimum atomic E-state index is 1.14. The zero-order valence-corrected chi connectivity index (χ0v) is 21.4. The van der Waals surface area contributed by atoms with E-state index < -0.39 is 0 Å². The van der Waals surface area contributed by atoms with Crippen LogP contribution in [0.25, 0.3) is 66.1 Å². The van der Waals surface area contributed by atoms with E-state index in [0.29, 0.717) is 0 Å². The van der Waals surface area contributed by atoms with Crippen LogP contribution in [0.1, 0.15) is 5.56 Å². The van der Waals surface area contributed by atoms with Crippen LogP contribution in [0.4, 0.5) is 0 Å². The predicted octanol–water partition coefficient (Wildman–Crippen LogP) is 8.65. The Bertz CT molecular complexity index is 2080. The molecule has 0 fully saturated rings. The lowest BCUT2D eigenvalue weighted by molar-refractivity contribution is 1.16. The maximum atomic E-state index is 4.38. The molecule has 4 heteroatoms. The summed E-state index contributed by atoms with van der Waals surface area (Å²) >= 11 is 0. The van der Waals surface area contributed by atoms with Crippen LogP contribution in [0.5, 0.6) is 0 Å². The van der Waals surface area contributed by atoms with Crippen LogP contribution in [0, 0.1) is 6.92 Å². The molecule has 4 aromatic carbocycles. The van der Waals surface area contributed by atoms with E-state index in [0.717, 1.165) is 11.4 Å². The molecule has 0 spiro atoms. The summed E-state index contributed by atoms with van der Waals surface area (Å²) in [6.45, 7) is 2.20. The summed E-state index contributed by atoms with van der Waals surface area (Å²) in [7, 11) is 0. The molecular formula is C35H24N4. The van der Waals surface area contributed by atoms with Crippen molar-refractivity contribution >= 4 is 43.6 Å². The molecular weight excluding hydrogens is 476 g/mol. The van der Waals surface area contributed by atoms with Crippen LogP contribution in [0.15, 0.2) is 128 Å². The molecule has 0 saturated heterocycles. The van der Waals surface area contributed by atoms with Gasteiger partial charge in [0.25, 0.3) is 0 Å². The third-order valence-electron chi connectivity index (χ3n) is 7.85. The van der Waals surface area contributed by atoms with Crippen molar-refractivity contribution in [3.8, 4) is 22.5 Å². The molecule has 8 rings (SSSR count). The fourth-order valence-electron chi connectivity index (χ4n) is 6.09. The molecule has 0 aliphatic heterocycles. The zero-order chi connectivity index (χ0) is 25.9. The second-order valence-electron chi connectivity index (χ2n) is 10.0. The Hall–Kier alpha value is -5.22. The third-order valence-corrected chi connectivity index (χ3v) is 7.85. The normalized spacial score (nSPS) is 11.7. The molecule has 0 saturated carbocycles. The van der Waals surface area contributed by atoms with E-state index in [2.05, 4.69) is 129 Å². The molecule has 0 amide bonds. The van der Waals surface area contributed by atoms with Gasteiger partial charge in [-0.2, -0.15) is 0 Å². The second-order valence-corrected chi connectivity index (χ2v) is 10.0. The standard InChI is InChI=1S/C35H24N4/c1-23-20-26(39-33-9-5-3-7-29(33)31-22-37-19-17-35(31)39)14-15-27(23)24-10-12-25(13-11-24)38-32-8-4-2-6-28(32)30-21-36-18-16-34(30)38/h2-22H,1H3. The highest BCUT2D eigenvalue weighted by Gasteiger charge is 2.14. The number of hydrogen-bond donors (Lipinski definition) is 0. The number of benzene rings is 4. The summed E-state index contributed by atoms with van der Waals surface area (Å²) < 4.78 is 4.66. The minimum Gasteiger partial charge on any atom is -0.309 e. The molecule has 0 aliphatic carbocycles. The lowest BCUT2D eigenvalue weighted by atomic mass is 9.99. The predicted molar refractivity (Wildman–Crippen MR) is 161 cm³/mol. The van der Waals surface area contributed by atoms with Gasteiger partial charge >= 0.3 is 0 Å². The first-order chi connectivity index (χ1) is 19.3. The Morgan fingerprint density at radius 3 is 1.59 bits per heavy atom. The first kappa shape index (κ1) is 21.8. The quantitative estimate of drug-likeness (QED) is 0.243. The summed E-state index contributed by atoms with van der Waals surface area (Å²) in [5.74, 6) is 0. The summed E-state index contributed by atoms with van der Waals surface area (Å²) in [6.07, 6.45) is 7.66. The van der Waals surface area contributed by atoms with Crippen molar-refractivity contribution < 1.29 is 0 Å². The fraction of sp³-hybridized carbons (Fsp3) is 0.0286. The number of pyridine rings is 2. The third kappa shape index (κ3) is 3.25. The number of aryl methyl sites for hydroxylation is 1. The summed E-state index contributed by atoms with van der Waals surface area (Å²) in [5, 5.41) is 4.78. The van der Waals surface area contributed by atoms with Crippen LogP contribution in [0.3, 0.4) is 0 Å². The molecule has 184 valence electrons. The van der Waals surface area contributed by atoms with Gasteiger partial charge in [0.2, 0.25) is 0 Å². The number of aromatic nitrogens is 4. The molecule has 8 aromatic rings. The molecule has 4 nitrogen and oxygen atoms in total. The van der Waals surface area contributed by atoms with Crippen LogP contribution >= 0.6 is 0 Å².